The van der Waals surface area contributed by atoms with E-state index in [0.29, 0.717) is 0 Å². The number of benzene rings is 4. The first kappa shape index (κ1) is 31.5. The van der Waals surface area contributed by atoms with E-state index in [1.165, 1.54) is 32.1 Å². The van der Waals surface area contributed by atoms with E-state index in [0.717, 1.165) is 5.44 Å². The van der Waals surface area contributed by atoms with Crippen molar-refractivity contribution in [3.63, 3.8) is 0 Å². The molecule has 0 bridgehead atoms. The maximum atomic E-state index is 4.68. The summed E-state index contributed by atoms with van der Waals surface area (Å²) in [5.41, 5.74) is 2.45. The first-order chi connectivity index (χ1) is 21.3. The Bertz CT molecular complexity index is 1570. The molecule has 0 aliphatic heterocycles. The van der Waals surface area contributed by atoms with E-state index in [1.54, 1.807) is 0 Å². The molecule has 0 aliphatic carbocycles. The van der Waals surface area contributed by atoms with Crippen LogP contribution in [0.1, 0.15) is 18.5 Å². The Balaban J connectivity index is 0.000000584. The predicted octanol–water partition coefficient (Wildman–Crippen LogP) is 6.53. The average Bonchev–Trinajstić information content (AvgIpc) is 3.88. The molecular formula is C38H33FeN3P2. The van der Waals surface area contributed by atoms with E-state index < -0.39 is 15.8 Å². The van der Waals surface area contributed by atoms with E-state index in [-0.39, 0.29) is 23.1 Å². The van der Waals surface area contributed by atoms with Crippen molar-refractivity contribution in [2.24, 2.45) is 0 Å². The minimum absolute atomic E-state index is 0. The summed E-state index contributed by atoms with van der Waals surface area (Å²) in [5.74, 6) is 0. The van der Waals surface area contributed by atoms with Gasteiger partial charge in [0, 0.05) is 14.0 Å². The van der Waals surface area contributed by atoms with Crippen LogP contribution < -0.4 is 32.0 Å². The largest absolute Gasteiger partial charge is 2.00 e. The van der Waals surface area contributed by atoms with Crippen LogP contribution in [0.2, 0.25) is 0 Å². The molecule has 0 aliphatic rings. The molecule has 0 N–H and O–H groups in total. The monoisotopic (exact) mass is 649 g/mol. The van der Waals surface area contributed by atoms with Crippen LogP contribution in [0.15, 0.2) is 176 Å². The molecule has 0 amide bonds. The molecule has 0 unspecified atom stereocenters. The van der Waals surface area contributed by atoms with Crippen LogP contribution in [-0.4, -0.2) is 15.0 Å². The van der Waals surface area contributed by atoms with Gasteiger partial charge in [0.05, 0.1) is 11.6 Å². The molecule has 7 rings (SSSR count). The molecule has 0 radical (unpaired) electrons. The molecule has 0 spiro atoms. The third-order valence-electron chi connectivity index (χ3n) is 7.28. The number of rotatable bonds is 8. The van der Waals surface area contributed by atoms with Gasteiger partial charge < -0.3 is 0 Å². The zero-order valence-corrected chi connectivity index (χ0v) is 27.3. The average molecular weight is 649 g/mol. The molecule has 0 saturated heterocycles. The minimum atomic E-state index is -0.807. The van der Waals surface area contributed by atoms with Crippen LogP contribution in [0, 0.1) is 0 Å². The maximum absolute atomic E-state index is 4.68. The molecule has 6 aromatic carbocycles. The van der Waals surface area contributed by atoms with E-state index in [2.05, 4.69) is 161 Å². The molecule has 3 nitrogen and oxygen atoms in total. The van der Waals surface area contributed by atoms with Crippen LogP contribution >= 0.6 is 15.8 Å². The Morgan fingerprint density at radius 1 is 0.568 bits per heavy atom. The molecule has 7 aromatic rings. The zero-order valence-electron chi connectivity index (χ0n) is 24.4. The van der Waals surface area contributed by atoms with Gasteiger partial charge in [-0.05, 0) is 29.1 Å². The number of nitrogens with zero attached hydrogens (tertiary/aromatic N) is 3. The van der Waals surface area contributed by atoms with Gasteiger partial charge in [-0.2, -0.15) is 35.9 Å². The van der Waals surface area contributed by atoms with E-state index in [9.17, 15) is 0 Å². The third kappa shape index (κ3) is 7.24. The third-order valence-corrected chi connectivity index (χ3v) is 12.2. The van der Waals surface area contributed by atoms with E-state index in [4.69, 9.17) is 0 Å². The summed E-state index contributed by atoms with van der Waals surface area (Å²) < 4.78 is 2.15. The van der Waals surface area contributed by atoms with Crippen molar-refractivity contribution in [1.82, 2.24) is 15.0 Å². The fourth-order valence-corrected chi connectivity index (χ4v) is 10.2. The molecule has 1 atom stereocenters. The van der Waals surface area contributed by atoms with E-state index in [1.807, 2.05) is 36.5 Å². The fraction of sp³-hybridized carbons (Fsp3) is 0.0526. The molecule has 218 valence electrons. The quantitative estimate of drug-likeness (QED) is 0.107. The van der Waals surface area contributed by atoms with Gasteiger partial charge in [-0.1, -0.05) is 133 Å². The van der Waals surface area contributed by atoms with Gasteiger partial charge in [0.15, 0.2) is 0 Å². The van der Waals surface area contributed by atoms with Crippen molar-refractivity contribution < 1.29 is 17.1 Å². The second kappa shape index (κ2) is 15.7. The van der Waals surface area contributed by atoms with Gasteiger partial charge in [0.1, 0.15) is 0 Å². The van der Waals surface area contributed by atoms with Gasteiger partial charge in [0.25, 0.3) is 0 Å². The summed E-state index contributed by atoms with van der Waals surface area (Å²) in [6.07, 6.45) is 1.96. The van der Waals surface area contributed by atoms with Crippen molar-refractivity contribution in [2.45, 2.75) is 13.0 Å². The maximum Gasteiger partial charge on any atom is 2.00 e. The SMILES string of the molecule is C[C@@H](c1cc[cH-]c1P(c1ccccc1)c1ccccc1)n1nncc1P(c1ccccc1)c1ccccc1.[Fe+2].c1cc[cH-]c1. The van der Waals surface area contributed by atoms with Crippen LogP contribution in [0.25, 0.3) is 0 Å². The second-order valence-electron chi connectivity index (χ2n) is 10.1. The van der Waals surface area contributed by atoms with Crippen molar-refractivity contribution in [3.8, 4) is 0 Å². The van der Waals surface area contributed by atoms with Crippen molar-refractivity contribution in [1.29, 1.82) is 0 Å². The van der Waals surface area contributed by atoms with Crippen LogP contribution in [0.3, 0.4) is 0 Å². The number of aromatic nitrogens is 3. The smallest absolute Gasteiger partial charge is 0.250 e. The van der Waals surface area contributed by atoms with Gasteiger partial charge in [0.2, 0.25) is 0 Å². The zero-order chi connectivity index (χ0) is 29.3. The molecule has 1 heterocycles. The minimum Gasteiger partial charge on any atom is -0.250 e. The molecule has 1 aromatic heterocycles. The fourth-order valence-electron chi connectivity index (χ4n) is 5.26. The standard InChI is InChI=1S/C33H28N3P2.C5H5.Fe/c1-26(31-23-14-24-32(31)37(27-15-6-2-7-16-27)28-17-8-3-9-18-28)36-33(25-34-35-36)38(29-19-10-4-11-20-29)30-21-12-5-13-22-30;1-2-4-5-3-1;/h2-26H,1H3;1-5H;/q2*-1;+2/t26-;;/m0../s1. The molecule has 6 heteroatoms. The van der Waals surface area contributed by atoms with Gasteiger partial charge in [-0.25, -0.2) is 22.9 Å². The Labute approximate surface area is 273 Å². The van der Waals surface area contributed by atoms with Crippen molar-refractivity contribution in [3.05, 3.63) is 182 Å². The summed E-state index contributed by atoms with van der Waals surface area (Å²) in [4.78, 5) is 0. The summed E-state index contributed by atoms with van der Waals surface area (Å²) in [5, 5.41) is 15.8. The Morgan fingerprint density at radius 2 is 1.02 bits per heavy atom. The van der Waals surface area contributed by atoms with Crippen LogP contribution in [0.5, 0.6) is 0 Å². The molecular weight excluding hydrogens is 616 g/mol. The molecule has 0 saturated carbocycles. The second-order valence-corrected chi connectivity index (χ2v) is 14.4. The van der Waals surface area contributed by atoms with Crippen molar-refractivity contribution in [2.75, 3.05) is 0 Å². The number of hydrogen-bond acceptors (Lipinski definition) is 2. The van der Waals surface area contributed by atoms with Crippen LogP contribution in [0.4, 0.5) is 0 Å². The van der Waals surface area contributed by atoms with Gasteiger partial charge in [-0.3, -0.25) is 0 Å². The molecule has 44 heavy (non-hydrogen) atoms. The normalized spacial score (nSPS) is 11.4. The summed E-state index contributed by atoms with van der Waals surface area (Å²) in [6, 6.07) is 60.1. The predicted molar refractivity (Wildman–Crippen MR) is 185 cm³/mol. The summed E-state index contributed by atoms with van der Waals surface area (Å²) in [7, 11) is -1.51. The topological polar surface area (TPSA) is 30.7 Å². The van der Waals surface area contributed by atoms with Gasteiger partial charge in [-0.15, -0.1) is 10.4 Å². The van der Waals surface area contributed by atoms with Crippen molar-refractivity contribution >= 4 is 47.8 Å². The Kier molecular flexibility index (Phi) is 11.3. The Morgan fingerprint density at radius 3 is 1.45 bits per heavy atom. The molecule has 0 fully saturated rings. The van der Waals surface area contributed by atoms with Gasteiger partial charge >= 0.3 is 17.1 Å². The summed E-state index contributed by atoms with van der Waals surface area (Å²) >= 11 is 0. The Hall–Kier alpha value is -3.90. The van der Waals surface area contributed by atoms with E-state index >= 15 is 0 Å². The summed E-state index contributed by atoms with van der Waals surface area (Å²) in [6.45, 7) is 2.25. The first-order valence-corrected chi connectivity index (χ1v) is 17.1. The number of hydrogen-bond donors (Lipinski definition) is 0. The van der Waals surface area contributed by atoms with Crippen LogP contribution in [-0.2, 0) is 17.1 Å². The first-order valence-electron chi connectivity index (χ1n) is 14.4.